The Bertz CT molecular complexity index is 366. The van der Waals surface area contributed by atoms with E-state index in [1.807, 2.05) is 0 Å². The van der Waals surface area contributed by atoms with Gasteiger partial charge in [0.05, 0.1) is 7.11 Å². The monoisotopic (exact) mass is 300 g/mol. The largest absolute Gasteiger partial charge is 0.480 e. The molecule has 0 aliphatic carbocycles. The highest BCUT2D eigenvalue weighted by molar-refractivity contribution is 5.84. The lowest BCUT2D eigenvalue weighted by Gasteiger charge is -2.23. The summed E-state index contributed by atoms with van der Waals surface area (Å²) in [6.45, 7) is 0.975. The third-order valence-corrected chi connectivity index (χ3v) is 3.63. The quantitative estimate of drug-likeness (QED) is 0.562. The summed E-state index contributed by atoms with van der Waals surface area (Å²) in [5.41, 5.74) is 0. The lowest BCUT2D eigenvalue weighted by molar-refractivity contribution is -0.144. The van der Waals surface area contributed by atoms with E-state index >= 15 is 0 Å². The van der Waals surface area contributed by atoms with Crippen molar-refractivity contribution < 1.29 is 24.2 Å². The third kappa shape index (κ3) is 7.08. The number of rotatable bonds is 8. The molecule has 1 saturated heterocycles. The fraction of sp³-hybridized carbons (Fsp3) is 0.786. The predicted molar refractivity (Wildman–Crippen MR) is 75.7 cm³/mol. The zero-order chi connectivity index (χ0) is 15.7. The molecule has 0 aromatic carbocycles. The van der Waals surface area contributed by atoms with Crippen molar-refractivity contribution in [2.24, 2.45) is 0 Å². The van der Waals surface area contributed by atoms with Gasteiger partial charge in [-0.3, -0.25) is 9.59 Å². The number of nitrogens with one attached hydrogen (secondary N) is 2. The molecule has 120 valence electrons. The van der Waals surface area contributed by atoms with Crippen LogP contribution in [0.2, 0.25) is 0 Å². The van der Waals surface area contributed by atoms with Crippen LogP contribution in [0.1, 0.15) is 44.9 Å². The highest BCUT2D eigenvalue weighted by Crippen LogP contribution is 2.11. The van der Waals surface area contributed by atoms with Crippen molar-refractivity contribution in [1.29, 1.82) is 0 Å². The minimum Gasteiger partial charge on any atom is -0.480 e. The Hall–Kier alpha value is -1.63. The maximum absolute atomic E-state index is 11.8. The summed E-state index contributed by atoms with van der Waals surface area (Å²) in [4.78, 5) is 33.9. The average Bonchev–Trinajstić information content (AvgIpc) is 2.49. The number of carboxylic acid groups (broad SMARTS) is 1. The molecule has 2 atom stereocenters. The Morgan fingerprint density at radius 1 is 1.33 bits per heavy atom. The van der Waals surface area contributed by atoms with Crippen LogP contribution >= 0.6 is 0 Å². The maximum atomic E-state index is 11.8. The molecule has 21 heavy (non-hydrogen) atoms. The number of piperidine rings is 1. The molecule has 0 aromatic heterocycles. The van der Waals surface area contributed by atoms with Crippen LogP contribution in [0.3, 0.4) is 0 Å². The van der Waals surface area contributed by atoms with Crippen molar-refractivity contribution >= 4 is 17.8 Å². The minimum absolute atomic E-state index is 0.0298. The number of hydrogen-bond donors (Lipinski definition) is 3. The highest BCUT2D eigenvalue weighted by atomic mass is 16.5. The molecule has 0 aromatic rings. The van der Waals surface area contributed by atoms with E-state index in [0.717, 1.165) is 25.8 Å². The van der Waals surface area contributed by atoms with E-state index in [1.54, 1.807) is 0 Å². The zero-order valence-corrected chi connectivity index (χ0v) is 12.4. The summed E-state index contributed by atoms with van der Waals surface area (Å²) < 4.78 is 4.46. The summed E-state index contributed by atoms with van der Waals surface area (Å²) in [6.07, 6.45) is 4.38. The van der Waals surface area contributed by atoms with Crippen LogP contribution in [-0.4, -0.2) is 48.7 Å². The Kier molecular flexibility index (Phi) is 7.74. The van der Waals surface area contributed by atoms with Gasteiger partial charge in [-0.25, -0.2) is 4.79 Å². The van der Waals surface area contributed by atoms with Gasteiger partial charge in [0.15, 0.2) is 0 Å². The van der Waals surface area contributed by atoms with Crippen molar-refractivity contribution in [3.63, 3.8) is 0 Å². The highest BCUT2D eigenvalue weighted by Gasteiger charge is 2.22. The summed E-state index contributed by atoms with van der Waals surface area (Å²) in [7, 11) is 1.24. The topological polar surface area (TPSA) is 105 Å². The van der Waals surface area contributed by atoms with Crippen LogP contribution in [0.4, 0.5) is 0 Å². The Morgan fingerprint density at radius 2 is 2.10 bits per heavy atom. The molecule has 7 heteroatoms. The van der Waals surface area contributed by atoms with E-state index in [1.165, 1.54) is 7.11 Å². The lowest BCUT2D eigenvalue weighted by Crippen LogP contribution is -2.42. The Morgan fingerprint density at radius 3 is 2.67 bits per heavy atom. The second kappa shape index (κ2) is 9.33. The molecule has 2 unspecified atom stereocenters. The summed E-state index contributed by atoms with van der Waals surface area (Å²) in [5.74, 6) is -1.91. The van der Waals surface area contributed by atoms with Gasteiger partial charge in [-0.05, 0) is 32.2 Å². The molecule has 1 heterocycles. The zero-order valence-electron chi connectivity index (χ0n) is 12.4. The predicted octanol–water partition coefficient (Wildman–Crippen LogP) is 0.431. The molecule has 1 rings (SSSR count). The average molecular weight is 300 g/mol. The fourth-order valence-corrected chi connectivity index (χ4v) is 2.36. The van der Waals surface area contributed by atoms with Crippen molar-refractivity contribution in [3.05, 3.63) is 0 Å². The van der Waals surface area contributed by atoms with Crippen LogP contribution in [0.25, 0.3) is 0 Å². The van der Waals surface area contributed by atoms with Crippen LogP contribution in [0.5, 0.6) is 0 Å². The van der Waals surface area contributed by atoms with E-state index in [4.69, 9.17) is 5.11 Å². The van der Waals surface area contributed by atoms with Crippen LogP contribution < -0.4 is 10.6 Å². The van der Waals surface area contributed by atoms with Crippen LogP contribution in [-0.2, 0) is 19.1 Å². The number of methoxy groups -OCH3 is 1. The molecule has 1 aliphatic heterocycles. The number of ether oxygens (including phenoxy) is 1. The van der Waals surface area contributed by atoms with Gasteiger partial charge in [0.2, 0.25) is 5.91 Å². The molecular formula is C14H24N2O5. The molecule has 1 aliphatic rings. The Balaban J connectivity index is 2.30. The van der Waals surface area contributed by atoms with Gasteiger partial charge < -0.3 is 20.5 Å². The van der Waals surface area contributed by atoms with Crippen LogP contribution in [0.15, 0.2) is 0 Å². The van der Waals surface area contributed by atoms with Crippen molar-refractivity contribution in [1.82, 2.24) is 10.6 Å². The van der Waals surface area contributed by atoms with Gasteiger partial charge in [-0.2, -0.15) is 0 Å². The second-order valence-electron chi connectivity index (χ2n) is 5.26. The molecule has 3 N–H and O–H groups in total. The van der Waals surface area contributed by atoms with Gasteiger partial charge in [-0.1, -0.05) is 6.42 Å². The number of esters is 1. The molecule has 0 spiro atoms. The van der Waals surface area contributed by atoms with Gasteiger partial charge >= 0.3 is 11.9 Å². The van der Waals surface area contributed by atoms with Gasteiger partial charge in [0, 0.05) is 18.9 Å². The number of hydrogen-bond acceptors (Lipinski definition) is 5. The molecule has 1 amide bonds. The minimum atomic E-state index is -1.14. The van der Waals surface area contributed by atoms with Crippen molar-refractivity contribution in [3.8, 4) is 0 Å². The van der Waals surface area contributed by atoms with Gasteiger partial charge in [0.1, 0.15) is 6.04 Å². The first-order valence-electron chi connectivity index (χ1n) is 7.35. The molecule has 0 bridgehead atoms. The first-order chi connectivity index (χ1) is 10.0. The number of carboxylic acids is 1. The first-order valence-corrected chi connectivity index (χ1v) is 7.35. The molecule has 0 radical (unpaired) electrons. The number of amides is 1. The van der Waals surface area contributed by atoms with E-state index in [9.17, 15) is 14.4 Å². The van der Waals surface area contributed by atoms with Gasteiger partial charge in [0.25, 0.3) is 0 Å². The number of carbonyl (C=O) groups excluding carboxylic acids is 2. The normalized spacial score (nSPS) is 19.6. The van der Waals surface area contributed by atoms with E-state index in [0.29, 0.717) is 18.9 Å². The molecule has 1 fully saturated rings. The Labute approximate surface area is 124 Å². The SMILES string of the molecule is COC(=O)CCC(NC(=O)CCC1CCCCN1)C(=O)O. The van der Waals surface area contributed by atoms with Gasteiger partial charge in [-0.15, -0.1) is 0 Å². The first kappa shape index (κ1) is 17.4. The summed E-state index contributed by atoms with van der Waals surface area (Å²) in [6, 6.07) is -0.709. The molecule has 7 nitrogen and oxygen atoms in total. The lowest BCUT2D eigenvalue weighted by atomic mass is 10.0. The molecule has 0 saturated carbocycles. The second-order valence-corrected chi connectivity index (χ2v) is 5.26. The standard InChI is InChI=1S/C14H24N2O5/c1-21-13(18)8-6-11(14(19)20)16-12(17)7-5-10-4-2-3-9-15-10/h10-11,15H,2-9H2,1H3,(H,16,17)(H,19,20). The fourth-order valence-electron chi connectivity index (χ4n) is 2.36. The molecular weight excluding hydrogens is 276 g/mol. The van der Waals surface area contributed by atoms with Crippen molar-refractivity contribution in [2.45, 2.75) is 57.0 Å². The number of aliphatic carboxylic acids is 1. The van der Waals surface area contributed by atoms with E-state index < -0.39 is 18.0 Å². The van der Waals surface area contributed by atoms with Crippen LogP contribution in [0, 0.1) is 0 Å². The van der Waals surface area contributed by atoms with Crippen molar-refractivity contribution in [2.75, 3.05) is 13.7 Å². The maximum Gasteiger partial charge on any atom is 0.326 e. The van der Waals surface area contributed by atoms with E-state index in [-0.39, 0.29) is 18.7 Å². The van der Waals surface area contributed by atoms with E-state index in [2.05, 4.69) is 15.4 Å². The third-order valence-electron chi connectivity index (χ3n) is 3.63. The smallest absolute Gasteiger partial charge is 0.326 e. The summed E-state index contributed by atoms with van der Waals surface area (Å²) >= 11 is 0. The summed E-state index contributed by atoms with van der Waals surface area (Å²) in [5, 5.41) is 14.8. The number of carbonyl (C=O) groups is 3.